The minimum Gasteiger partial charge on any atom is -0.370 e. The molecule has 5 heteroatoms. The van der Waals surface area contributed by atoms with Gasteiger partial charge in [0.2, 0.25) is 0 Å². The highest BCUT2D eigenvalue weighted by Crippen LogP contribution is 2.13. The number of amides is 1. The number of benzene rings is 1. The van der Waals surface area contributed by atoms with Crippen LogP contribution in [0, 0.1) is 5.92 Å². The van der Waals surface area contributed by atoms with Gasteiger partial charge >= 0.3 is 0 Å². The smallest absolute Gasteiger partial charge is 0.254 e. The van der Waals surface area contributed by atoms with E-state index in [2.05, 4.69) is 65.5 Å². The molecule has 1 N–H and O–H groups in total. The molecule has 1 aromatic carbocycles. The maximum absolute atomic E-state index is 12.9. The Balaban J connectivity index is 1.46. The number of anilines is 1. The molecular weight excluding hydrogens is 360 g/mol. The monoisotopic (exact) mass is 392 g/mol. The lowest BCUT2D eigenvalue weighted by Gasteiger charge is -2.34. The van der Waals surface area contributed by atoms with Crippen molar-refractivity contribution in [3.63, 3.8) is 0 Å². The van der Waals surface area contributed by atoms with E-state index in [0.717, 1.165) is 51.5 Å². The topological polar surface area (TPSA) is 48.5 Å². The Labute approximate surface area is 174 Å². The molecule has 0 saturated carbocycles. The molecule has 0 spiro atoms. The molecule has 2 aromatic rings. The van der Waals surface area contributed by atoms with Gasteiger partial charge < -0.3 is 10.2 Å². The van der Waals surface area contributed by atoms with Gasteiger partial charge in [0.05, 0.1) is 0 Å². The molecule has 0 atom stereocenters. The molecule has 0 unspecified atom stereocenters. The summed E-state index contributed by atoms with van der Waals surface area (Å²) in [6, 6.07) is 14.0. The highest BCUT2D eigenvalue weighted by Gasteiger charge is 2.21. The number of nitrogens with zero attached hydrogens (tertiary/aromatic N) is 3. The number of piperazine rings is 1. The zero-order valence-electron chi connectivity index (χ0n) is 17.6. The molecule has 1 aliphatic heterocycles. The van der Waals surface area contributed by atoms with Crippen LogP contribution < -0.4 is 5.32 Å². The number of nitrogens with one attached hydrogen (secondary N) is 1. The Hall–Kier alpha value is -2.66. The highest BCUT2D eigenvalue weighted by molar-refractivity contribution is 5.94. The predicted molar refractivity (Wildman–Crippen MR) is 120 cm³/mol. The number of carbonyl (C=O) groups excluding carboxylic acids is 1. The van der Waals surface area contributed by atoms with Gasteiger partial charge in [0.25, 0.3) is 5.91 Å². The lowest BCUT2D eigenvalue weighted by molar-refractivity contribution is 0.0650. The Kier molecular flexibility index (Phi) is 7.82. The lowest BCUT2D eigenvalue weighted by Crippen LogP contribution is -2.48. The SMILES string of the molecule is CC(C)CCNc1cc(C(=O)N2CCN(C/C=C/c3ccccc3)CC2)ccn1. The summed E-state index contributed by atoms with van der Waals surface area (Å²) in [5, 5.41) is 3.32. The first kappa shape index (κ1) is 21.1. The van der Waals surface area contributed by atoms with Gasteiger partial charge in [-0.05, 0) is 30.0 Å². The Morgan fingerprint density at radius 2 is 1.90 bits per heavy atom. The normalized spacial score (nSPS) is 15.2. The molecule has 1 fully saturated rings. The van der Waals surface area contributed by atoms with E-state index in [0.29, 0.717) is 11.5 Å². The lowest BCUT2D eigenvalue weighted by atomic mass is 10.1. The Morgan fingerprint density at radius 1 is 1.14 bits per heavy atom. The van der Waals surface area contributed by atoms with Crippen LogP contribution in [0.2, 0.25) is 0 Å². The second-order valence-corrected chi connectivity index (χ2v) is 7.94. The molecule has 5 nitrogen and oxygen atoms in total. The second-order valence-electron chi connectivity index (χ2n) is 7.94. The van der Waals surface area contributed by atoms with Crippen molar-refractivity contribution in [2.45, 2.75) is 20.3 Å². The summed E-state index contributed by atoms with van der Waals surface area (Å²) in [6.07, 6.45) is 7.16. The van der Waals surface area contributed by atoms with Crippen LogP contribution in [0.25, 0.3) is 6.08 Å². The Morgan fingerprint density at radius 3 is 2.62 bits per heavy atom. The van der Waals surface area contributed by atoms with E-state index in [1.807, 2.05) is 23.1 Å². The minimum atomic E-state index is 0.0961. The summed E-state index contributed by atoms with van der Waals surface area (Å²) in [5.74, 6) is 1.52. The molecule has 1 aliphatic rings. The van der Waals surface area contributed by atoms with E-state index in [1.165, 1.54) is 5.56 Å². The van der Waals surface area contributed by atoms with E-state index in [4.69, 9.17) is 0 Å². The molecule has 1 amide bonds. The van der Waals surface area contributed by atoms with Crippen molar-refractivity contribution >= 4 is 17.8 Å². The largest absolute Gasteiger partial charge is 0.370 e. The fraction of sp³-hybridized carbons (Fsp3) is 0.417. The fourth-order valence-corrected chi connectivity index (χ4v) is 3.37. The fourth-order valence-electron chi connectivity index (χ4n) is 3.37. The quantitative estimate of drug-likeness (QED) is 0.737. The summed E-state index contributed by atoms with van der Waals surface area (Å²) in [5.41, 5.74) is 1.93. The summed E-state index contributed by atoms with van der Waals surface area (Å²) < 4.78 is 0. The first-order valence-corrected chi connectivity index (χ1v) is 10.5. The summed E-state index contributed by atoms with van der Waals surface area (Å²) in [6.45, 7) is 9.50. The third-order valence-corrected chi connectivity index (χ3v) is 5.17. The number of carbonyl (C=O) groups is 1. The maximum atomic E-state index is 12.9. The average Bonchev–Trinajstić information content (AvgIpc) is 2.74. The van der Waals surface area contributed by atoms with Crippen molar-refractivity contribution in [3.05, 3.63) is 65.9 Å². The van der Waals surface area contributed by atoms with Crippen LogP contribution in [-0.2, 0) is 0 Å². The average molecular weight is 393 g/mol. The van der Waals surface area contributed by atoms with Crippen molar-refractivity contribution in [1.82, 2.24) is 14.8 Å². The molecule has 29 heavy (non-hydrogen) atoms. The minimum absolute atomic E-state index is 0.0961. The summed E-state index contributed by atoms with van der Waals surface area (Å²) in [4.78, 5) is 21.5. The molecule has 2 heterocycles. The number of aromatic nitrogens is 1. The van der Waals surface area contributed by atoms with Crippen LogP contribution in [-0.4, -0.2) is 60.0 Å². The molecule has 154 valence electrons. The van der Waals surface area contributed by atoms with Crippen molar-refractivity contribution in [1.29, 1.82) is 0 Å². The maximum Gasteiger partial charge on any atom is 0.254 e. The third-order valence-electron chi connectivity index (χ3n) is 5.17. The molecule has 0 radical (unpaired) electrons. The van der Waals surface area contributed by atoms with Gasteiger partial charge in [-0.15, -0.1) is 0 Å². The first-order valence-electron chi connectivity index (χ1n) is 10.5. The van der Waals surface area contributed by atoms with Gasteiger partial charge in [0, 0.05) is 51.0 Å². The van der Waals surface area contributed by atoms with E-state index < -0.39 is 0 Å². The van der Waals surface area contributed by atoms with Gasteiger partial charge in [-0.25, -0.2) is 4.98 Å². The highest BCUT2D eigenvalue weighted by atomic mass is 16.2. The molecule has 1 saturated heterocycles. The van der Waals surface area contributed by atoms with Gasteiger partial charge in [-0.1, -0.05) is 56.3 Å². The van der Waals surface area contributed by atoms with Crippen LogP contribution in [0.4, 0.5) is 5.82 Å². The van der Waals surface area contributed by atoms with Gasteiger partial charge in [-0.3, -0.25) is 9.69 Å². The van der Waals surface area contributed by atoms with Crippen LogP contribution in [0.15, 0.2) is 54.7 Å². The van der Waals surface area contributed by atoms with Crippen LogP contribution in [0.1, 0.15) is 36.2 Å². The third kappa shape index (κ3) is 6.71. The predicted octanol–water partition coefficient (Wildman–Crippen LogP) is 4.01. The number of hydrogen-bond donors (Lipinski definition) is 1. The first-order chi connectivity index (χ1) is 14.1. The Bertz CT molecular complexity index is 796. The van der Waals surface area contributed by atoms with Gasteiger partial charge in [-0.2, -0.15) is 0 Å². The van der Waals surface area contributed by atoms with Crippen molar-refractivity contribution < 1.29 is 4.79 Å². The summed E-state index contributed by atoms with van der Waals surface area (Å²) >= 11 is 0. The number of pyridine rings is 1. The zero-order valence-corrected chi connectivity index (χ0v) is 17.6. The number of hydrogen-bond acceptors (Lipinski definition) is 4. The number of rotatable bonds is 8. The summed E-state index contributed by atoms with van der Waals surface area (Å²) in [7, 11) is 0. The molecule has 1 aromatic heterocycles. The second kappa shape index (κ2) is 10.8. The van der Waals surface area contributed by atoms with Crippen LogP contribution in [0.5, 0.6) is 0 Å². The van der Waals surface area contributed by atoms with E-state index >= 15 is 0 Å². The van der Waals surface area contributed by atoms with Crippen molar-refractivity contribution in [3.8, 4) is 0 Å². The molecule has 0 aliphatic carbocycles. The molecule has 0 bridgehead atoms. The van der Waals surface area contributed by atoms with E-state index in [9.17, 15) is 4.79 Å². The van der Waals surface area contributed by atoms with Crippen LogP contribution in [0.3, 0.4) is 0 Å². The molecular formula is C24H32N4O. The van der Waals surface area contributed by atoms with Crippen molar-refractivity contribution in [2.75, 3.05) is 44.6 Å². The van der Waals surface area contributed by atoms with Gasteiger partial charge in [0.15, 0.2) is 0 Å². The molecule has 3 rings (SSSR count). The van der Waals surface area contributed by atoms with Gasteiger partial charge in [0.1, 0.15) is 5.82 Å². The zero-order chi connectivity index (χ0) is 20.5. The van der Waals surface area contributed by atoms with E-state index in [-0.39, 0.29) is 5.91 Å². The standard InChI is InChI=1S/C24H32N4O/c1-20(2)10-12-25-23-19-22(11-13-26-23)24(29)28-17-15-27(16-18-28)14-6-9-21-7-4-3-5-8-21/h3-9,11,13,19-20H,10,12,14-18H2,1-2H3,(H,25,26)/b9-6+. The van der Waals surface area contributed by atoms with Crippen LogP contribution >= 0.6 is 0 Å². The van der Waals surface area contributed by atoms with E-state index in [1.54, 1.807) is 6.20 Å². The van der Waals surface area contributed by atoms with Crippen molar-refractivity contribution in [2.24, 2.45) is 5.92 Å².